The number of rotatable bonds is 1. The maximum absolute atomic E-state index is 5.56. The lowest BCUT2D eigenvalue weighted by atomic mass is 10.3. The highest BCUT2D eigenvalue weighted by Crippen LogP contribution is 2.24. The molecule has 0 spiro atoms. The second-order valence-corrected chi connectivity index (χ2v) is 3.65. The molecule has 13 heavy (non-hydrogen) atoms. The Morgan fingerprint density at radius 3 is 2.38 bits per heavy atom. The van der Waals surface area contributed by atoms with Gasteiger partial charge in [-0.25, -0.2) is 15.0 Å². The van der Waals surface area contributed by atoms with Crippen LogP contribution < -0.4 is 5.73 Å². The summed E-state index contributed by atoms with van der Waals surface area (Å²) in [6, 6.07) is 0. The van der Waals surface area contributed by atoms with Gasteiger partial charge >= 0.3 is 0 Å². The topological polar surface area (TPSA) is 64.7 Å². The summed E-state index contributed by atoms with van der Waals surface area (Å²) in [4.78, 5) is 12.3. The lowest BCUT2D eigenvalue weighted by molar-refractivity contribution is 1.05. The SMILES string of the molecule is Cc1ncc(-c2ncc(N)s2)cn1. The monoisotopic (exact) mass is 192 g/mol. The third kappa shape index (κ3) is 1.65. The van der Waals surface area contributed by atoms with E-state index in [1.165, 1.54) is 11.3 Å². The van der Waals surface area contributed by atoms with E-state index in [0.29, 0.717) is 5.00 Å². The van der Waals surface area contributed by atoms with Crippen molar-refractivity contribution in [2.75, 3.05) is 5.73 Å². The second kappa shape index (κ2) is 3.10. The molecule has 0 bridgehead atoms. The predicted octanol–water partition coefficient (Wildman–Crippen LogP) is 1.49. The van der Waals surface area contributed by atoms with Gasteiger partial charge in [0.05, 0.1) is 6.20 Å². The summed E-state index contributed by atoms with van der Waals surface area (Å²) in [5.41, 5.74) is 6.47. The van der Waals surface area contributed by atoms with E-state index in [9.17, 15) is 0 Å². The zero-order valence-electron chi connectivity index (χ0n) is 7.06. The molecule has 0 aliphatic carbocycles. The first-order valence-electron chi connectivity index (χ1n) is 3.76. The van der Waals surface area contributed by atoms with Crippen LogP contribution in [-0.2, 0) is 0 Å². The van der Waals surface area contributed by atoms with Crippen molar-refractivity contribution in [1.29, 1.82) is 0 Å². The number of nitrogens with two attached hydrogens (primary N) is 1. The van der Waals surface area contributed by atoms with E-state index in [4.69, 9.17) is 5.73 Å². The van der Waals surface area contributed by atoms with Gasteiger partial charge in [0, 0.05) is 18.0 Å². The van der Waals surface area contributed by atoms with Gasteiger partial charge in [0.25, 0.3) is 0 Å². The van der Waals surface area contributed by atoms with Crippen LogP contribution in [0.2, 0.25) is 0 Å². The first-order chi connectivity index (χ1) is 6.25. The van der Waals surface area contributed by atoms with Crippen LogP contribution in [0, 0.1) is 6.92 Å². The predicted molar refractivity (Wildman–Crippen MR) is 52.3 cm³/mol. The Hall–Kier alpha value is -1.49. The van der Waals surface area contributed by atoms with E-state index >= 15 is 0 Å². The fourth-order valence-electron chi connectivity index (χ4n) is 0.923. The summed E-state index contributed by atoms with van der Waals surface area (Å²) in [7, 11) is 0. The molecule has 0 unspecified atom stereocenters. The molecule has 2 N–H and O–H groups in total. The number of anilines is 1. The molecule has 2 heterocycles. The molecule has 0 saturated carbocycles. The number of aryl methyl sites for hydroxylation is 1. The molecule has 0 amide bonds. The Kier molecular flexibility index (Phi) is 1.94. The average Bonchev–Trinajstić information content (AvgIpc) is 2.53. The van der Waals surface area contributed by atoms with Crippen molar-refractivity contribution < 1.29 is 0 Å². The van der Waals surface area contributed by atoms with Gasteiger partial charge in [-0.3, -0.25) is 0 Å². The molecule has 5 heteroatoms. The largest absolute Gasteiger partial charge is 0.389 e. The molecule has 0 aliphatic rings. The summed E-state index contributed by atoms with van der Waals surface area (Å²) in [6.45, 7) is 1.85. The van der Waals surface area contributed by atoms with E-state index < -0.39 is 0 Å². The van der Waals surface area contributed by atoms with E-state index in [0.717, 1.165) is 16.4 Å². The molecule has 0 saturated heterocycles. The van der Waals surface area contributed by atoms with Crippen molar-refractivity contribution in [2.24, 2.45) is 0 Å². The molecule has 2 aromatic rings. The Morgan fingerprint density at radius 2 is 1.85 bits per heavy atom. The number of hydrogen-bond acceptors (Lipinski definition) is 5. The molecule has 2 aromatic heterocycles. The van der Waals surface area contributed by atoms with Crippen molar-refractivity contribution in [3.05, 3.63) is 24.4 Å². The fourth-order valence-corrected chi connectivity index (χ4v) is 1.58. The quantitative estimate of drug-likeness (QED) is 0.743. The number of thiazole rings is 1. The lowest BCUT2D eigenvalue weighted by Crippen LogP contribution is -1.86. The van der Waals surface area contributed by atoms with Crippen molar-refractivity contribution in [1.82, 2.24) is 15.0 Å². The molecule has 0 aromatic carbocycles. The zero-order valence-corrected chi connectivity index (χ0v) is 7.88. The summed E-state index contributed by atoms with van der Waals surface area (Å²) in [6.07, 6.45) is 5.14. The smallest absolute Gasteiger partial charge is 0.128 e. The fraction of sp³-hybridized carbons (Fsp3) is 0.125. The molecular weight excluding hydrogens is 184 g/mol. The Balaban J connectivity index is 2.41. The number of nitrogens with zero attached hydrogens (tertiary/aromatic N) is 3. The van der Waals surface area contributed by atoms with Crippen LogP contribution in [-0.4, -0.2) is 15.0 Å². The molecule has 0 aliphatic heterocycles. The van der Waals surface area contributed by atoms with E-state index in [1.807, 2.05) is 6.92 Å². The van der Waals surface area contributed by atoms with E-state index in [2.05, 4.69) is 15.0 Å². The van der Waals surface area contributed by atoms with Crippen molar-refractivity contribution in [3.8, 4) is 10.6 Å². The first kappa shape index (κ1) is 8.12. The van der Waals surface area contributed by atoms with Crippen LogP contribution in [0.25, 0.3) is 10.6 Å². The van der Waals surface area contributed by atoms with Crippen LogP contribution >= 0.6 is 11.3 Å². The standard InChI is InChI=1S/C8H8N4S/c1-5-10-2-6(3-11-5)8-12-4-7(9)13-8/h2-4H,9H2,1H3. The van der Waals surface area contributed by atoms with Gasteiger partial charge in [-0.15, -0.1) is 0 Å². The van der Waals surface area contributed by atoms with Gasteiger partial charge in [-0.05, 0) is 6.92 Å². The minimum Gasteiger partial charge on any atom is -0.389 e. The van der Waals surface area contributed by atoms with E-state index in [-0.39, 0.29) is 0 Å². The van der Waals surface area contributed by atoms with Crippen LogP contribution in [0.4, 0.5) is 5.00 Å². The normalized spacial score (nSPS) is 10.2. The molecule has 4 nitrogen and oxygen atoms in total. The molecule has 0 fully saturated rings. The van der Waals surface area contributed by atoms with Crippen molar-refractivity contribution in [3.63, 3.8) is 0 Å². The summed E-state index contributed by atoms with van der Waals surface area (Å²) in [5.74, 6) is 0.758. The van der Waals surface area contributed by atoms with Gasteiger partial charge in [0.1, 0.15) is 15.8 Å². The summed E-state index contributed by atoms with van der Waals surface area (Å²) < 4.78 is 0. The van der Waals surface area contributed by atoms with Crippen LogP contribution in [0.1, 0.15) is 5.82 Å². The van der Waals surface area contributed by atoms with Crippen LogP contribution in [0.5, 0.6) is 0 Å². The third-order valence-corrected chi connectivity index (χ3v) is 2.43. The Morgan fingerprint density at radius 1 is 1.15 bits per heavy atom. The highest BCUT2D eigenvalue weighted by Gasteiger charge is 2.02. The highest BCUT2D eigenvalue weighted by atomic mass is 32.1. The minimum atomic E-state index is 0.704. The molecular formula is C8H8N4S. The van der Waals surface area contributed by atoms with Crippen LogP contribution in [0.15, 0.2) is 18.6 Å². The highest BCUT2D eigenvalue weighted by molar-refractivity contribution is 7.18. The number of aromatic nitrogens is 3. The van der Waals surface area contributed by atoms with Crippen LogP contribution in [0.3, 0.4) is 0 Å². The first-order valence-corrected chi connectivity index (χ1v) is 4.57. The third-order valence-electron chi connectivity index (χ3n) is 1.55. The lowest BCUT2D eigenvalue weighted by Gasteiger charge is -1.94. The van der Waals surface area contributed by atoms with Gasteiger partial charge in [-0.2, -0.15) is 0 Å². The van der Waals surface area contributed by atoms with Gasteiger partial charge in [0.15, 0.2) is 0 Å². The number of hydrogen-bond donors (Lipinski definition) is 1. The Labute approximate surface area is 79.5 Å². The zero-order chi connectivity index (χ0) is 9.26. The van der Waals surface area contributed by atoms with Crippen molar-refractivity contribution in [2.45, 2.75) is 6.92 Å². The summed E-state index contributed by atoms with van der Waals surface area (Å²) in [5, 5.41) is 1.56. The van der Waals surface area contributed by atoms with Gasteiger partial charge in [0.2, 0.25) is 0 Å². The van der Waals surface area contributed by atoms with Gasteiger partial charge in [-0.1, -0.05) is 11.3 Å². The summed E-state index contributed by atoms with van der Waals surface area (Å²) >= 11 is 1.43. The molecule has 66 valence electrons. The molecule has 0 atom stereocenters. The maximum Gasteiger partial charge on any atom is 0.128 e. The maximum atomic E-state index is 5.56. The van der Waals surface area contributed by atoms with Crippen molar-refractivity contribution >= 4 is 16.3 Å². The second-order valence-electron chi connectivity index (χ2n) is 2.59. The molecule has 2 rings (SSSR count). The van der Waals surface area contributed by atoms with Gasteiger partial charge < -0.3 is 5.73 Å². The van der Waals surface area contributed by atoms with E-state index in [1.54, 1.807) is 18.6 Å². The Bertz CT molecular complexity index is 406. The number of nitrogen functional groups attached to an aromatic ring is 1. The molecule has 0 radical (unpaired) electrons. The average molecular weight is 192 g/mol. The minimum absolute atomic E-state index is 0.704.